The van der Waals surface area contributed by atoms with E-state index in [-0.39, 0.29) is 11.8 Å². The Kier molecular flexibility index (Phi) is 5.21. The fraction of sp³-hybridized carbons (Fsp3) is 0.800. The van der Waals surface area contributed by atoms with Crippen molar-refractivity contribution in [3.05, 3.63) is 0 Å². The smallest absolute Gasteiger partial charge is 0.218 e. The molecular weight excluding hydrogens is 208 g/mol. The Morgan fingerprint density at radius 1 is 0.812 bits per heavy atom. The zero-order valence-corrected chi connectivity index (χ0v) is 9.52. The molecule has 0 spiro atoms. The molecule has 6 nitrogen and oxygen atoms in total. The summed E-state index contributed by atoms with van der Waals surface area (Å²) in [6.45, 7) is 5.16. The SMILES string of the molecule is NC(=O)CCN1CCN(CCC(N)=O)CC1. The van der Waals surface area contributed by atoms with E-state index in [1.54, 1.807) is 0 Å². The quantitative estimate of drug-likeness (QED) is 0.570. The van der Waals surface area contributed by atoms with Gasteiger partial charge in [-0.05, 0) is 0 Å². The highest BCUT2D eigenvalue weighted by Crippen LogP contribution is 2.02. The van der Waals surface area contributed by atoms with Crippen LogP contribution in [0.25, 0.3) is 0 Å². The summed E-state index contributed by atoms with van der Waals surface area (Å²) >= 11 is 0. The molecule has 0 aromatic rings. The van der Waals surface area contributed by atoms with Gasteiger partial charge in [0.2, 0.25) is 11.8 Å². The van der Waals surface area contributed by atoms with E-state index >= 15 is 0 Å². The maximum Gasteiger partial charge on any atom is 0.218 e. The van der Waals surface area contributed by atoms with Gasteiger partial charge in [0.1, 0.15) is 0 Å². The number of carbonyl (C=O) groups is 2. The lowest BCUT2D eigenvalue weighted by Gasteiger charge is -2.34. The first-order valence-electron chi connectivity index (χ1n) is 5.59. The number of hydrogen-bond acceptors (Lipinski definition) is 4. The molecule has 0 aliphatic carbocycles. The fourth-order valence-corrected chi connectivity index (χ4v) is 1.77. The van der Waals surface area contributed by atoms with Gasteiger partial charge >= 0.3 is 0 Å². The molecule has 1 fully saturated rings. The Balaban J connectivity index is 2.13. The first kappa shape index (κ1) is 12.9. The lowest BCUT2D eigenvalue weighted by molar-refractivity contribution is -0.119. The summed E-state index contributed by atoms with van der Waals surface area (Å²) in [5.74, 6) is -0.507. The Bertz CT molecular complexity index is 223. The molecule has 0 saturated carbocycles. The van der Waals surface area contributed by atoms with E-state index in [2.05, 4.69) is 9.80 Å². The molecule has 92 valence electrons. The number of hydrogen-bond donors (Lipinski definition) is 2. The minimum Gasteiger partial charge on any atom is -0.370 e. The van der Waals surface area contributed by atoms with Crippen LogP contribution in [0.2, 0.25) is 0 Å². The molecule has 2 amide bonds. The van der Waals surface area contributed by atoms with Crippen LogP contribution in [0.3, 0.4) is 0 Å². The number of primary amides is 2. The van der Waals surface area contributed by atoms with Gasteiger partial charge in [0.15, 0.2) is 0 Å². The zero-order valence-electron chi connectivity index (χ0n) is 9.52. The normalized spacial score (nSPS) is 18.5. The molecule has 1 heterocycles. The van der Waals surface area contributed by atoms with Crippen molar-refractivity contribution in [1.29, 1.82) is 0 Å². The van der Waals surface area contributed by atoms with E-state index < -0.39 is 0 Å². The van der Waals surface area contributed by atoms with E-state index in [0.717, 1.165) is 39.3 Å². The molecule has 1 rings (SSSR count). The molecule has 0 atom stereocenters. The number of nitrogens with two attached hydrogens (primary N) is 2. The number of amides is 2. The summed E-state index contributed by atoms with van der Waals surface area (Å²) in [5.41, 5.74) is 10.2. The highest BCUT2D eigenvalue weighted by atomic mass is 16.1. The van der Waals surface area contributed by atoms with Crippen molar-refractivity contribution in [2.24, 2.45) is 11.5 Å². The molecule has 6 heteroatoms. The molecule has 0 aromatic carbocycles. The second-order valence-electron chi connectivity index (χ2n) is 4.12. The van der Waals surface area contributed by atoms with E-state index in [4.69, 9.17) is 11.5 Å². The Morgan fingerprint density at radius 2 is 1.12 bits per heavy atom. The van der Waals surface area contributed by atoms with E-state index in [9.17, 15) is 9.59 Å². The van der Waals surface area contributed by atoms with E-state index in [1.165, 1.54) is 0 Å². The van der Waals surface area contributed by atoms with E-state index in [1.807, 2.05) is 0 Å². The third-order valence-electron chi connectivity index (χ3n) is 2.81. The third-order valence-corrected chi connectivity index (χ3v) is 2.81. The van der Waals surface area contributed by atoms with Gasteiger partial charge in [-0.2, -0.15) is 0 Å². The predicted molar refractivity (Wildman–Crippen MR) is 60.5 cm³/mol. The second-order valence-corrected chi connectivity index (χ2v) is 4.12. The Hall–Kier alpha value is -1.14. The van der Waals surface area contributed by atoms with Crippen molar-refractivity contribution in [3.63, 3.8) is 0 Å². The topological polar surface area (TPSA) is 92.7 Å². The molecule has 0 radical (unpaired) electrons. The van der Waals surface area contributed by atoms with Crippen LogP contribution in [0.1, 0.15) is 12.8 Å². The fourth-order valence-electron chi connectivity index (χ4n) is 1.77. The van der Waals surface area contributed by atoms with Gasteiger partial charge in [-0.15, -0.1) is 0 Å². The molecule has 4 N–H and O–H groups in total. The average Bonchev–Trinajstić information content (AvgIpc) is 2.25. The van der Waals surface area contributed by atoms with Gasteiger partial charge in [0.05, 0.1) is 0 Å². The van der Waals surface area contributed by atoms with Gasteiger partial charge in [0.25, 0.3) is 0 Å². The third kappa shape index (κ3) is 5.09. The molecule has 1 aliphatic rings. The first-order valence-corrected chi connectivity index (χ1v) is 5.59. The monoisotopic (exact) mass is 228 g/mol. The van der Waals surface area contributed by atoms with Crippen LogP contribution in [-0.2, 0) is 9.59 Å². The Morgan fingerprint density at radius 3 is 1.38 bits per heavy atom. The first-order chi connectivity index (χ1) is 7.58. The van der Waals surface area contributed by atoms with Gasteiger partial charge in [-0.1, -0.05) is 0 Å². The predicted octanol–water partition coefficient (Wildman–Crippen LogP) is -1.65. The van der Waals surface area contributed by atoms with Crippen LogP contribution >= 0.6 is 0 Å². The summed E-state index contributed by atoms with van der Waals surface area (Å²) < 4.78 is 0. The van der Waals surface area contributed by atoms with Crippen molar-refractivity contribution in [1.82, 2.24) is 9.80 Å². The van der Waals surface area contributed by atoms with Gasteiger partial charge in [-0.25, -0.2) is 0 Å². The van der Waals surface area contributed by atoms with Crippen LogP contribution in [0.15, 0.2) is 0 Å². The van der Waals surface area contributed by atoms with Gasteiger partial charge in [0, 0.05) is 52.1 Å². The van der Waals surface area contributed by atoms with Crippen LogP contribution in [0, 0.1) is 0 Å². The van der Waals surface area contributed by atoms with Crippen LogP contribution < -0.4 is 11.5 Å². The maximum atomic E-state index is 10.6. The van der Waals surface area contributed by atoms with Crippen molar-refractivity contribution in [2.75, 3.05) is 39.3 Å². The number of piperazine rings is 1. The lowest BCUT2D eigenvalue weighted by Crippen LogP contribution is -2.47. The molecule has 0 aromatic heterocycles. The summed E-state index contributed by atoms with van der Waals surface area (Å²) in [6.07, 6.45) is 0.836. The van der Waals surface area contributed by atoms with E-state index in [0.29, 0.717) is 12.8 Å². The van der Waals surface area contributed by atoms with Crippen LogP contribution in [0.4, 0.5) is 0 Å². The number of rotatable bonds is 6. The highest BCUT2D eigenvalue weighted by Gasteiger charge is 2.16. The summed E-state index contributed by atoms with van der Waals surface area (Å²) in [7, 11) is 0. The molecular formula is C10H20N4O2. The van der Waals surface area contributed by atoms with Gasteiger partial charge in [-0.3, -0.25) is 9.59 Å². The lowest BCUT2D eigenvalue weighted by atomic mass is 10.2. The standard InChI is InChI=1S/C10H20N4O2/c11-9(15)1-3-13-5-7-14(8-6-13)4-2-10(12)16/h1-8H2,(H2,11,15)(H2,12,16). The summed E-state index contributed by atoms with van der Waals surface area (Å²) in [4.78, 5) is 25.7. The summed E-state index contributed by atoms with van der Waals surface area (Å²) in [5, 5.41) is 0. The summed E-state index contributed by atoms with van der Waals surface area (Å²) in [6, 6.07) is 0. The largest absolute Gasteiger partial charge is 0.370 e. The molecule has 0 bridgehead atoms. The van der Waals surface area contributed by atoms with Crippen molar-refractivity contribution >= 4 is 11.8 Å². The van der Waals surface area contributed by atoms with Gasteiger partial charge < -0.3 is 21.3 Å². The number of carbonyl (C=O) groups excluding carboxylic acids is 2. The molecule has 16 heavy (non-hydrogen) atoms. The second kappa shape index (κ2) is 6.44. The minimum absolute atomic E-state index is 0.254. The maximum absolute atomic E-state index is 10.6. The highest BCUT2D eigenvalue weighted by molar-refractivity contribution is 5.74. The molecule has 1 saturated heterocycles. The van der Waals surface area contributed by atoms with Crippen molar-refractivity contribution in [2.45, 2.75) is 12.8 Å². The molecule has 1 aliphatic heterocycles. The van der Waals surface area contributed by atoms with Crippen LogP contribution in [-0.4, -0.2) is 60.9 Å². The Labute approximate surface area is 95.5 Å². The number of nitrogens with zero attached hydrogens (tertiary/aromatic N) is 2. The van der Waals surface area contributed by atoms with Crippen molar-refractivity contribution < 1.29 is 9.59 Å². The average molecular weight is 228 g/mol. The van der Waals surface area contributed by atoms with Crippen LogP contribution in [0.5, 0.6) is 0 Å². The zero-order chi connectivity index (χ0) is 12.0. The van der Waals surface area contributed by atoms with Crippen molar-refractivity contribution in [3.8, 4) is 0 Å². The minimum atomic E-state index is -0.254. The molecule has 0 unspecified atom stereocenters.